The third kappa shape index (κ3) is 57.5. The summed E-state index contributed by atoms with van der Waals surface area (Å²) < 4.78 is 17.0. The van der Waals surface area contributed by atoms with Crippen LogP contribution in [0.25, 0.3) is 0 Å². The fourth-order valence-electron chi connectivity index (χ4n) is 10.1. The predicted octanol–water partition coefficient (Wildman–Crippen LogP) is 21.6. The summed E-state index contributed by atoms with van der Waals surface area (Å²) in [4.78, 5) is 38.3. The summed E-state index contributed by atoms with van der Waals surface area (Å²) in [6.07, 6.45) is 63.8. The van der Waals surface area contributed by atoms with Crippen molar-refractivity contribution in [3.05, 3.63) is 0 Å². The van der Waals surface area contributed by atoms with Crippen LogP contribution < -0.4 is 0 Å². The predicted molar refractivity (Wildman–Crippen MR) is 307 cm³/mol. The highest BCUT2D eigenvalue weighted by Gasteiger charge is 2.19. The standard InChI is InChI=1S/C65H126O6/c1-6-8-9-10-11-12-13-14-15-16-19-25-30-35-40-45-50-55-63(66)69-58-62(71-65(68)57-52-47-42-37-32-27-20-17-18-23-28-33-38-43-48-53-60(3)4)59-70-64(67)56-51-46-41-36-31-26-22-21-24-29-34-39-44-49-54-61(5)7-2/h60-62H,6-59H2,1-5H3/t61?,62-/m1/s1. The molecule has 71 heavy (non-hydrogen) atoms. The Kier molecular flexibility index (Phi) is 56.4. The fourth-order valence-corrected chi connectivity index (χ4v) is 10.1. The number of hydrogen-bond donors (Lipinski definition) is 0. The molecule has 6 nitrogen and oxygen atoms in total. The Balaban J connectivity index is 4.30. The monoisotopic (exact) mass is 1000 g/mol. The lowest BCUT2D eigenvalue weighted by Crippen LogP contribution is -2.30. The molecule has 422 valence electrons. The number of unbranched alkanes of at least 4 members (excludes halogenated alkanes) is 43. The van der Waals surface area contributed by atoms with Gasteiger partial charge in [0, 0.05) is 19.3 Å². The van der Waals surface area contributed by atoms with Gasteiger partial charge in [0.1, 0.15) is 13.2 Å². The van der Waals surface area contributed by atoms with E-state index in [4.69, 9.17) is 14.2 Å². The van der Waals surface area contributed by atoms with Crippen LogP contribution in [-0.2, 0) is 28.6 Å². The zero-order valence-electron chi connectivity index (χ0n) is 48.9. The van der Waals surface area contributed by atoms with Gasteiger partial charge < -0.3 is 14.2 Å². The number of carbonyl (C=O) groups is 3. The molecule has 6 heteroatoms. The van der Waals surface area contributed by atoms with Gasteiger partial charge in [-0.1, -0.05) is 330 Å². The number of ether oxygens (including phenoxy) is 3. The highest BCUT2D eigenvalue weighted by molar-refractivity contribution is 5.71. The Morgan fingerprint density at radius 2 is 0.535 bits per heavy atom. The summed E-state index contributed by atoms with van der Waals surface area (Å²) in [5, 5.41) is 0. The summed E-state index contributed by atoms with van der Waals surface area (Å²) in [7, 11) is 0. The van der Waals surface area contributed by atoms with Gasteiger partial charge in [-0.15, -0.1) is 0 Å². The van der Waals surface area contributed by atoms with E-state index in [-0.39, 0.29) is 31.1 Å². The first-order valence-corrected chi connectivity index (χ1v) is 32.3. The maximum Gasteiger partial charge on any atom is 0.306 e. The summed E-state index contributed by atoms with van der Waals surface area (Å²) in [6.45, 7) is 11.5. The molecule has 0 spiro atoms. The van der Waals surface area contributed by atoms with Crippen molar-refractivity contribution in [2.75, 3.05) is 13.2 Å². The minimum atomic E-state index is -0.764. The number of rotatable bonds is 59. The molecule has 0 amide bonds. The van der Waals surface area contributed by atoms with Gasteiger partial charge in [0.15, 0.2) is 6.10 Å². The van der Waals surface area contributed by atoms with E-state index in [2.05, 4.69) is 34.6 Å². The van der Waals surface area contributed by atoms with Gasteiger partial charge in [-0.05, 0) is 31.1 Å². The average molecular weight is 1000 g/mol. The molecule has 0 heterocycles. The van der Waals surface area contributed by atoms with Gasteiger partial charge in [-0.25, -0.2) is 0 Å². The maximum atomic E-state index is 12.9. The molecule has 0 aliphatic heterocycles. The first kappa shape index (κ1) is 69.4. The molecule has 2 atom stereocenters. The lowest BCUT2D eigenvalue weighted by molar-refractivity contribution is -0.167. The Bertz CT molecular complexity index is 1090. The topological polar surface area (TPSA) is 78.9 Å². The molecule has 0 aliphatic rings. The van der Waals surface area contributed by atoms with Crippen LogP contribution >= 0.6 is 0 Å². The van der Waals surface area contributed by atoms with Gasteiger partial charge in [0.05, 0.1) is 0 Å². The summed E-state index contributed by atoms with van der Waals surface area (Å²) in [5.41, 5.74) is 0. The minimum Gasteiger partial charge on any atom is -0.462 e. The van der Waals surface area contributed by atoms with E-state index in [0.717, 1.165) is 69.6 Å². The molecule has 0 fully saturated rings. The second kappa shape index (κ2) is 57.7. The fraction of sp³-hybridized carbons (Fsp3) is 0.954. The van der Waals surface area contributed by atoms with Crippen molar-refractivity contribution in [1.82, 2.24) is 0 Å². The number of esters is 3. The van der Waals surface area contributed by atoms with E-state index in [1.165, 1.54) is 257 Å². The Labute approximate surface area is 444 Å². The molecule has 0 rings (SSSR count). The SMILES string of the molecule is CCCCCCCCCCCCCCCCCCCC(=O)OC[C@H](COC(=O)CCCCCCCCCCCCCCCCC(C)CC)OC(=O)CCCCCCCCCCCCCCCCCC(C)C. The molecule has 0 aromatic heterocycles. The molecular weight excluding hydrogens is 877 g/mol. The molecule has 0 radical (unpaired) electrons. The van der Waals surface area contributed by atoms with Gasteiger partial charge in [0.2, 0.25) is 0 Å². The molecule has 0 aromatic rings. The van der Waals surface area contributed by atoms with Crippen molar-refractivity contribution in [2.45, 2.75) is 375 Å². The zero-order chi connectivity index (χ0) is 51.8. The molecule has 0 saturated carbocycles. The molecule has 0 bridgehead atoms. The van der Waals surface area contributed by atoms with Crippen molar-refractivity contribution in [3.63, 3.8) is 0 Å². The van der Waals surface area contributed by atoms with Crippen molar-refractivity contribution < 1.29 is 28.6 Å². The Hall–Kier alpha value is -1.59. The van der Waals surface area contributed by atoms with Crippen molar-refractivity contribution in [2.24, 2.45) is 11.8 Å². The molecule has 0 aromatic carbocycles. The number of carbonyl (C=O) groups excluding carboxylic acids is 3. The summed E-state index contributed by atoms with van der Waals surface area (Å²) in [5.74, 6) is 0.913. The average Bonchev–Trinajstić information content (AvgIpc) is 3.36. The first-order valence-electron chi connectivity index (χ1n) is 32.3. The molecular formula is C65H126O6. The minimum absolute atomic E-state index is 0.0617. The van der Waals surface area contributed by atoms with E-state index in [9.17, 15) is 14.4 Å². The molecule has 0 saturated heterocycles. The van der Waals surface area contributed by atoms with Crippen LogP contribution in [0.2, 0.25) is 0 Å². The first-order chi connectivity index (χ1) is 34.8. The van der Waals surface area contributed by atoms with Crippen LogP contribution in [0, 0.1) is 11.8 Å². The molecule has 0 N–H and O–H groups in total. The van der Waals surface area contributed by atoms with E-state index >= 15 is 0 Å². The second-order valence-electron chi connectivity index (χ2n) is 23.1. The van der Waals surface area contributed by atoms with Crippen LogP contribution in [0.5, 0.6) is 0 Å². The molecule has 0 aliphatic carbocycles. The van der Waals surface area contributed by atoms with E-state index in [1.54, 1.807) is 0 Å². The lowest BCUT2D eigenvalue weighted by Gasteiger charge is -2.18. The Morgan fingerprint density at radius 1 is 0.296 bits per heavy atom. The third-order valence-corrected chi connectivity index (χ3v) is 15.3. The third-order valence-electron chi connectivity index (χ3n) is 15.3. The van der Waals surface area contributed by atoms with Crippen LogP contribution in [0.15, 0.2) is 0 Å². The van der Waals surface area contributed by atoms with Gasteiger partial charge in [-0.3, -0.25) is 14.4 Å². The van der Waals surface area contributed by atoms with Crippen molar-refractivity contribution in [1.29, 1.82) is 0 Å². The number of hydrogen-bond acceptors (Lipinski definition) is 6. The normalized spacial score (nSPS) is 12.4. The van der Waals surface area contributed by atoms with E-state index in [1.807, 2.05) is 0 Å². The van der Waals surface area contributed by atoms with Crippen LogP contribution in [0.3, 0.4) is 0 Å². The molecule has 1 unspecified atom stereocenters. The van der Waals surface area contributed by atoms with Crippen molar-refractivity contribution >= 4 is 17.9 Å². The highest BCUT2D eigenvalue weighted by atomic mass is 16.6. The second-order valence-corrected chi connectivity index (χ2v) is 23.1. The van der Waals surface area contributed by atoms with Crippen LogP contribution in [-0.4, -0.2) is 37.2 Å². The van der Waals surface area contributed by atoms with Crippen molar-refractivity contribution in [3.8, 4) is 0 Å². The lowest BCUT2D eigenvalue weighted by atomic mass is 9.99. The van der Waals surface area contributed by atoms with Gasteiger partial charge in [-0.2, -0.15) is 0 Å². The van der Waals surface area contributed by atoms with Gasteiger partial charge >= 0.3 is 17.9 Å². The zero-order valence-corrected chi connectivity index (χ0v) is 48.9. The largest absolute Gasteiger partial charge is 0.462 e. The van der Waals surface area contributed by atoms with Crippen LogP contribution in [0.4, 0.5) is 0 Å². The van der Waals surface area contributed by atoms with E-state index in [0.29, 0.717) is 19.3 Å². The van der Waals surface area contributed by atoms with Crippen LogP contribution in [0.1, 0.15) is 369 Å². The summed E-state index contributed by atoms with van der Waals surface area (Å²) >= 11 is 0. The van der Waals surface area contributed by atoms with E-state index < -0.39 is 6.10 Å². The highest BCUT2D eigenvalue weighted by Crippen LogP contribution is 2.19. The quantitative estimate of drug-likeness (QED) is 0.0343. The van der Waals surface area contributed by atoms with Gasteiger partial charge in [0.25, 0.3) is 0 Å². The summed E-state index contributed by atoms with van der Waals surface area (Å²) in [6, 6.07) is 0. The Morgan fingerprint density at radius 3 is 0.803 bits per heavy atom. The maximum absolute atomic E-state index is 12.9. The smallest absolute Gasteiger partial charge is 0.306 e.